The number of piperazine rings is 1. The molecule has 2 N–H and O–H groups in total. The number of anilines is 1. The fraction of sp³-hybridized carbons (Fsp3) is 0.286. The summed E-state index contributed by atoms with van der Waals surface area (Å²) in [5.41, 5.74) is 6.19. The number of hydrogen-bond acceptors (Lipinski definition) is 8. The molecule has 8 rings (SSSR count). The molecule has 2 aliphatic carbocycles. The number of benzene rings is 3. The summed E-state index contributed by atoms with van der Waals surface area (Å²) in [4.78, 5) is 36.9. The molecular weight excluding hydrogens is 736 g/mol. The Kier molecular flexibility index (Phi) is 10.2. The van der Waals surface area contributed by atoms with Crippen molar-refractivity contribution in [3.8, 4) is 23.8 Å². The standard InChI is InChI=1S/C42H39ClN6O5S/c1-2-28-6-10-35(24-38(28)49(51)52)55(53)46-41(50)36-11-9-33(23-39(36)54-34-22-30-13-17-44-40(30)45-26-34)48-20-18-47(19-21-48)27-31-12-16-42(14-3-15-42)25-37(31)29-4-7-32(43)8-5-29/h1,4-11,13,17,22-24,26H,3,12,14-16,18-21,25,27H2,(H,44,45)(H,46,50). The number of nitro groups is 1. The number of hydrogen-bond donors (Lipinski definition) is 2. The first kappa shape index (κ1) is 36.5. The van der Waals surface area contributed by atoms with E-state index < -0.39 is 21.8 Å². The van der Waals surface area contributed by atoms with Crippen LogP contribution < -0.4 is 14.4 Å². The SMILES string of the molecule is C#Cc1ccc(S(=O)NC(=O)c2ccc(N3CCN(CC4=C(c5ccc(Cl)cc5)CC5(CCC5)CC4)CC3)cc2Oc2cnc3[nH]ccc3c2)cc1[N+](=O)[O-]. The number of aromatic nitrogens is 2. The van der Waals surface area contributed by atoms with E-state index in [4.69, 9.17) is 22.8 Å². The molecule has 13 heteroatoms. The highest BCUT2D eigenvalue weighted by molar-refractivity contribution is 7.83. The Morgan fingerprint density at radius 2 is 1.85 bits per heavy atom. The second-order valence-electron chi connectivity index (χ2n) is 14.5. The Balaban J connectivity index is 1.01. The molecule has 3 aromatic carbocycles. The lowest BCUT2D eigenvalue weighted by Gasteiger charge is -2.47. The van der Waals surface area contributed by atoms with E-state index in [0.29, 0.717) is 16.8 Å². The van der Waals surface area contributed by atoms with Gasteiger partial charge in [0.15, 0.2) is 11.0 Å². The minimum Gasteiger partial charge on any atom is -0.455 e. The van der Waals surface area contributed by atoms with Gasteiger partial charge >= 0.3 is 0 Å². The lowest BCUT2D eigenvalue weighted by Crippen LogP contribution is -2.47. The first-order valence-electron chi connectivity index (χ1n) is 18.3. The summed E-state index contributed by atoms with van der Waals surface area (Å²) in [5, 5.41) is 13.1. The fourth-order valence-electron chi connectivity index (χ4n) is 8.00. The normalized spacial score (nSPS) is 17.4. The number of H-pyrrole nitrogens is 1. The summed E-state index contributed by atoms with van der Waals surface area (Å²) in [6, 6.07) is 21.2. The average Bonchev–Trinajstić information content (AvgIpc) is 3.66. The van der Waals surface area contributed by atoms with Gasteiger partial charge in [-0.2, -0.15) is 0 Å². The molecule has 1 spiro atoms. The van der Waals surface area contributed by atoms with Gasteiger partial charge in [0.1, 0.15) is 22.7 Å². The van der Waals surface area contributed by atoms with Crippen molar-refractivity contribution >= 4 is 56.5 Å². The summed E-state index contributed by atoms with van der Waals surface area (Å²) < 4.78 is 22.1. The maximum absolute atomic E-state index is 13.7. The smallest absolute Gasteiger partial charge is 0.286 e. The molecule has 2 aromatic heterocycles. The number of terminal acetylenes is 1. The van der Waals surface area contributed by atoms with Gasteiger partial charge in [-0.3, -0.25) is 24.5 Å². The highest BCUT2D eigenvalue weighted by Gasteiger charge is 2.41. The van der Waals surface area contributed by atoms with Gasteiger partial charge < -0.3 is 14.6 Å². The molecule has 1 aliphatic heterocycles. The molecule has 1 atom stereocenters. The van der Waals surface area contributed by atoms with Crippen LogP contribution in [0.2, 0.25) is 5.02 Å². The number of nitrogens with one attached hydrogen (secondary N) is 2. The van der Waals surface area contributed by atoms with Gasteiger partial charge in [-0.05, 0) is 97.2 Å². The Bertz CT molecular complexity index is 2390. The van der Waals surface area contributed by atoms with Crippen molar-refractivity contribution in [2.75, 3.05) is 37.6 Å². The maximum Gasteiger partial charge on any atom is 0.286 e. The van der Waals surface area contributed by atoms with Crippen molar-refractivity contribution in [2.24, 2.45) is 5.41 Å². The molecule has 2 fully saturated rings. The molecule has 0 radical (unpaired) electrons. The van der Waals surface area contributed by atoms with Crippen LogP contribution in [-0.4, -0.2) is 62.6 Å². The highest BCUT2D eigenvalue weighted by atomic mass is 35.5. The molecule has 280 valence electrons. The van der Waals surface area contributed by atoms with E-state index in [1.807, 2.05) is 36.4 Å². The second-order valence-corrected chi connectivity index (χ2v) is 16.2. The zero-order chi connectivity index (χ0) is 38.1. The van der Waals surface area contributed by atoms with Crippen LogP contribution in [0.25, 0.3) is 16.6 Å². The van der Waals surface area contributed by atoms with Crippen LogP contribution >= 0.6 is 11.6 Å². The predicted octanol–water partition coefficient (Wildman–Crippen LogP) is 8.28. The van der Waals surface area contributed by atoms with Crippen LogP contribution in [-0.2, 0) is 11.0 Å². The molecule has 3 heterocycles. The quantitative estimate of drug-likeness (QED) is 0.0823. The number of fused-ring (bicyclic) bond motifs is 1. The predicted molar refractivity (Wildman–Crippen MR) is 215 cm³/mol. The summed E-state index contributed by atoms with van der Waals surface area (Å²) in [6.07, 6.45) is 16.3. The van der Waals surface area contributed by atoms with Gasteiger partial charge in [0, 0.05) is 67.1 Å². The van der Waals surface area contributed by atoms with Gasteiger partial charge in [0.05, 0.1) is 21.6 Å². The Hall–Kier alpha value is -5.48. The number of halogens is 1. The Morgan fingerprint density at radius 1 is 1.05 bits per heavy atom. The number of rotatable bonds is 10. The minimum atomic E-state index is -2.12. The summed E-state index contributed by atoms with van der Waals surface area (Å²) in [6.45, 7) is 4.25. The molecule has 5 aromatic rings. The number of aromatic amines is 1. The minimum absolute atomic E-state index is 0.0324. The zero-order valence-corrected chi connectivity index (χ0v) is 31.6. The lowest BCUT2D eigenvalue weighted by molar-refractivity contribution is -0.385. The molecule has 55 heavy (non-hydrogen) atoms. The maximum atomic E-state index is 13.7. The molecule has 11 nitrogen and oxygen atoms in total. The van der Waals surface area contributed by atoms with Gasteiger partial charge in [-0.25, -0.2) is 9.19 Å². The topological polar surface area (TPSA) is 134 Å². The number of nitro benzene ring substituents is 1. The summed E-state index contributed by atoms with van der Waals surface area (Å²) in [7, 11) is -2.12. The fourth-order valence-corrected chi connectivity index (χ4v) is 8.94. The van der Waals surface area contributed by atoms with Crippen molar-refractivity contribution in [2.45, 2.75) is 43.4 Å². The number of pyridine rings is 1. The van der Waals surface area contributed by atoms with E-state index in [2.05, 4.69) is 42.5 Å². The van der Waals surface area contributed by atoms with Crippen molar-refractivity contribution in [3.05, 3.63) is 123 Å². The van der Waals surface area contributed by atoms with Gasteiger partial charge in [-0.1, -0.05) is 41.6 Å². The van der Waals surface area contributed by atoms with Crippen LogP contribution in [0.5, 0.6) is 11.5 Å². The van der Waals surface area contributed by atoms with E-state index in [1.165, 1.54) is 54.5 Å². The Morgan fingerprint density at radius 3 is 2.58 bits per heavy atom. The lowest BCUT2D eigenvalue weighted by atomic mass is 9.59. The number of ether oxygens (including phenoxy) is 1. The van der Waals surface area contributed by atoms with E-state index in [9.17, 15) is 19.1 Å². The van der Waals surface area contributed by atoms with Gasteiger partial charge in [-0.15, -0.1) is 6.42 Å². The Labute approximate surface area is 326 Å². The number of allylic oxidation sites excluding steroid dienone is 1. The third-order valence-electron chi connectivity index (χ3n) is 11.2. The van der Waals surface area contributed by atoms with E-state index in [1.54, 1.807) is 18.5 Å². The molecule has 1 saturated carbocycles. The molecule has 0 bridgehead atoms. The first-order valence-corrected chi connectivity index (χ1v) is 19.9. The number of nitrogens with zero attached hydrogens (tertiary/aromatic N) is 4. The van der Waals surface area contributed by atoms with Crippen molar-refractivity contribution in [1.29, 1.82) is 0 Å². The van der Waals surface area contributed by atoms with E-state index in [-0.39, 0.29) is 27.5 Å². The molecule has 1 saturated heterocycles. The van der Waals surface area contributed by atoms with E-state index >= 15 is 0 Å². The largest absolute Gasteiger partial charge is 0.455 e. The van der Waals surface area contributed by atoms with Gasteiger partial charge in [0.2, 0.25) is 0 Å². The van der Waals surface area contributed by atoms with Crippen LogP contribution in [0.15, 0.2) is 95.7 Å². The van der Waals surface area contributed by atoms with Crippen molar-refractivity contribution < 1.29 is 18.7 Å². The second kappa shape index (κ2) is 15.3. The molecular formula is C42H39ClN6O5S. The van der Waals surface area contributed by atoms with Crippen LogP contribution in [0, 0.1) is 27.9 Å². The molecule has 1 unspecified atom stereocenters. The monoisotopic (exact) mass is 774 g/mol. The average molecular weight is 775 g/mol. The molecule has 1 amide bonds. The number of carbonyl (C=O) groups is 1. The summed E-state index contributed by atoms with van der Waals surface area (Å²) >= 11 is 6.26. The van der Waals surface area contributed by atoms with Crippen LogP contribution in [0.1, 0.15) is 60.0 Å². The van der Waals surface area contributed by atoms with Crippen molar-refractivity contribution in [3.63, 3.8) is 0 Å². The zero-order valence-electron chi connectivity index (χ0n) is 30.1. The van der Waals surface area contributed by atoms with Crippen LogP contribution in [0.3, 0.4) is 0 Å². The van der Waals surface area contributed by atoms with E-state index in [0.717, 1.165) is 67.7 Å². The third-order valence-corrected chi connectivity index (χ3v) is 12.5. The summed E-state index contributed by atoms with van der Waals surface area (Å²) in [5.74, 6) is 2.25. The number of amides is 1. The van der Waals surface area contributed by atoms with Crippen molar-refractivity contribution in [1.82, 2.24) is 19.6 Å². The number of carbonyl (C=O) groups excluding carboxylic acids is 1. The third kappa shape index (κ3) is 7.73. The van der Waals surface area contributed by atoms with Crippen LogP contribution in [0.4, 0.5) is 11.4 Å². The van der Waals surface area contributed by atoms with Gasteiger partial charge in [0.25, 0.3) is 11.6 Å². The highest BCUT2D eigenvalue weighted by Crippen LogP contribution is 2.55. The molecule has 3 aliphatic rings. The first-order chi connectivity index (χ1) is 26.7.